The van der Waals surface area contributed by atoms with Crippen LogP contribution in [0.1, 0.15) is 30.2 Å². The summed E-state index contributed by atoms with van der Waals surface area (Å²) in [6.07, 6.45) is 0. The van der Waals surface area contributed by atoms with Crippen molar-refractivity contribution in [2.75, 3.05) is 31.4 Å². The first kappa shape index (κ1) is 28.6. The molecule has 0 spiro atoms. The third-order valence-corrected chi connectivity index (χ3v) is 8.24. The molecule has 1 aliphatic rings. The second-order valence-corrected chi connectivity index (χ2v) is 11.3. The van der Waals surface area contributed by atoms with Crippen LogP contribution < -0.4 is 19.7 Å². The van der Waals surface area contributed by atoms with Crippen molar-refractivity contribution >= 4 is 41.0 Å². The number of carbonyl (C=O) groups is 2. The Bertz CT molecular complexity index is 1570. The normalized spacial score (nSPS) is 14.9. The summed E-state index contributed by atoms with van der Waals surface area (Å²) in [7, 11) is 3.23. The third kappa shape index (κ3) is 5.78. The number of hydrogen-bond acceptors (Lipinski definition) is 6. The second-order valence-electron chi connectivity index (χ2n) is 9.82. The van der Waals surface area contributed by atoms with Gasteiger partial charge in [0.05, 0.1) is 41.6 Å². The molecule has 1 aliphatic heterocycles. The molecule has 0 saturated carbocycles. The topological polar surface area (TPSA) is 85.7 Å². The van der Waals surface area contributed by atoms with Crippen molar-refractivity contribution in [3.8, 4) is 28.4 Å². The van der Waals surface area contributed by atoms with E-state index in [9.17, 15) is 9.59 Å². The maximum absolute atomic E-state index is 13.9. The minimum atomic E-state index is -0.386. The van der Waals surface area contributed by atoms with Gasteiger partial charge in [-0.15, -0.1) is 11.8 Å². The van der Waals surface area contributed by atoms with Gasteiger partial charge in [0, 0.05) is 22.7 Å². The first-order chi connectivity index (χ1) is 19.8. The monoisotopic (exact) mass is 590 g/mol. The molecule has 0 bridgehead atoms. The van der Waals surface area contributed by atoms with Crippen LogP contribution in [0.4, 0.5) is 5.82 Å². The van der Waals surface area contributed by atoms with Crippen molar-refractivity contribution in [1.29, 1.82) is 0 Å². The van der Waals surface area contributed by atoms with Gasteiger partial charge >= 0.3 is 0 Å². The molecule has 4 aromatic rings. The summed E-state index contributed by atoms with van der Waals surface area (Å²) in [4.78, 5) is 28.5. The lowest BCUT2D eigenvalue weighted by molar-refractivity contribution is -0.123. The van der Waals surface area contributed by atoms with E-state index in [4.69, 9.17) is 26.2 Å². The summed E-state index contributed by atoms with van der Waals surface area (Å²) < 4.78 is 13.0. The number of anilines is 1. The van der Waals surface area contributed by atoms with Crippen LogP contribution in [-0.4, -0.2) is 54.2 Å². The SMILES string of the molecule is COc1ccc(OC)c(C2SCC(=O)N(CC(=O)NC(C)C)c3c2c(-c2ccccc2)nn3-c2ccccc2Cl)c1. The second kappa shape index (κ2) is 12.3. The third-order valence-electron chi connectivity index (χ3n) is 6.69. The number of fused-ring (bicyclic) bond motifs is 1. The zero-order chi connectivity index (χ0) is 29.1. The van der Waals surface area contributed by atoms with E-state index in [0.29, 0.717) is 33.7 Å². The number of hydrogen-bond donors (Lipinski definition) is 1. The standard InChI is InChI=1S/C31H31ClN4O4S/c1-19(2)33-26(37)17-35-27(38)18-41-30(22-16-21(39-3)14-15-25(22)40-4)28-29(20-10-6-5-7-11-20)34-36(31(28)35)24-13-9-8-12-23(24)32/h5-16,19,30H,17-18H2,1-4H3,(H,33,37). The number of amides is 2. The number of benzene rings is 3. The van der Waals surface area contributed by atoms with Gasteiger partial charge in [-0.05, 0) is 44.2 Å². The largest absolute Gasteiger partial charge is 0.497 e. The Labute approximate surface area is 248 Å². The summed E-state index contributed by atoms with van der Waals surface area (Å²) in [5.41, 5.74) is 3.74. The predicted octanol–water partition coefficient (Wildman–Crippen LogP) is 5.90. The Morgan fingerprint density at radius 3 is 2.49 bits per heavy atom. The summed E-state index contributed by atoms with van der Waals surface area (Å²) in [6.45, 7) is 3.60. The van der Waals surface area contributed by atoms with Gasteiger partial charge in [-0.1, -0.05) is 54.1 Å². The van der Waals surface area contributed by atoms with Crippen LogP contribution in [0.5, 0.6) is 11.5 Å². The van der Waals surface area contributed by atoms with Gasteiger partial charge in [-0.25, -0.2) is 4.68 Å². The Morgan fingerprint density at radius 2 is 1.80 bits per heavy atom. The van der Waals surface area contributed by atoms with Gasteiger partial charge < -0.3 is 14.8 Å². The molecule has 0 saturated heterocycles. The number of ether oxygens (including phenoxy) is 2. The summed E-state index contributed by atoms with van der Waals surface area (Å²) in [5.74, 6) is 1.44. The summed E-state index contributed by atoms with van der Waals surface area (Å²) >= 11 is 8.17. The number of aromatic nitrogens is 2. The van der Waals surface area contributed by atoms with Crippen LogP contribution in [0.2, 0.25) is 5.02 Å². The maximum atomic E-state index is 13.9. The zero-order valence-corrected chi connectivity index (χ0v) is 24.8. The lowest BCUT2D eigenvalue weighted by atomic mass is 9.98. The van der Waals surface area contributed by atoms with E-state index < -0.39 is 0 Å². The highest BCUT2D eigenvalue weighted by molar-refractivity contribution is 8.00. The molecule has 212 valence electrons. The minimum absolute atomic E-state index is 0.0828. The number of methoxy groups -OCH3 is 2. The number of nitrogens with zero attached hydrogens (tertiary/aromatic N) is 3. The Kier molecular flexibility index (Phi) is 8.56. The molecule has 1 N–H and O–H groups in total. The molecule has 2 amide bonds. The van der Waals surface area contributed by atoms with Gasteiger partial charge in [0.1, 0.15) is 23.9 Å². The molecule has 5 rings (SSSR count). The van der Waals surface area contributed by atoms with Crippen molar-refractivity contribution in [3.63, 3.8) is 0 Å². The first-order valence-corrected chi connectivity index (χ1v) is 14.6. The van der Waals surface area contributed by atoms with Gasteiger partial charge in [0.25, 0.3) is 0 Å². The molecular weight excluding hydrogens is 560 g/mol. The number of carbonyl (C=O) groups excluding carboxylic acids is 2. The van der Waals surface area contributed by atoms with Crippen LogP contribution in [0.25, 0.3) is 16.9 Å². The highest BCUT2D eigenvalue weighted by Crippen LogP contribution is 2.51. The van der Waals surface area contributed by atoms with Crippen LogP contribution in [0.15, 0.2) is 72.8 Å². The summed E-state index contributed by atoms with van der Waals surface area (Å²) in [6, 6.07) is 22.6. The van der Waals surface area contributed by atoms with Crippen molar-refractivity contribution in [2.45, 2.75) is 25.1 Å². The number of halogens is 1. The average molecular weight is 591 g/mol. The fourth-order valence-corrected chi connectivity index (χ4v) is 6.35. The Hall–Kier alpha value is -3.95. The fourth-order valence-electron chi connectivity index (χ4n) is 4.92. The molecule has 1 aromatic heterocycles. The number of para-hydroxylation sites is 1. The van der Waals surface area contributed by atoms with Gasteiger partial charge in [0.15, 0.2) is 0 Å². The molecule has 1 atom stereocenters. The molecule has 0 aliphatic carbocycles. The molecule has 10 heteroatoms. The maximum Gasteiger partial charge on any atom is 0.240 e. The van der Waals surface area contributed by atoms with Gasteiger partial charge in [-0.3, -0.25) is 14.5 Å². The smallest absolute Gasteiger partial charge is 0.240 e. The average Bonchev–Trinajstić information content (AvgIpc) is 3.29. The quantitative estimate of drug-likeness (QED) is 0.275. The fraction of sp³-hybridized carbons (Fsp3) is 0.258. The highest BCUT2D eigenvalue weighted by Gasteiger charge is 2.39. The van der Waals surface area contributed by atoms with E-state index >= 15 is 0 Å². The molecule has 0 fully saturated rings. The minimum Gasteiger partial charge on any atom is -0.497 e. The van der Waals surface area contributed by atoms with Crippen molar-refractivity contribution in [2.24, 2.45) is 0 Å². The van der Waals surface area contributed by atoms with Gasteiger partial charge in [0.2, 0.25) is 11.8 Å². The van der Waals surface area contributed by atoms with E-state index in [1.54, 1.807) is 25.0 Å². The van der Waals surface area contributed by atoms with Crippen molar-refractivity contribution < 1.29 is 19.1 Å². The molecule has 3 aromatic carbocycles. The predicted molar refractivity (Wildman–Crippen MR) is 163 cm³/mol. The van der Waals surface area contributed by atoms with E-state index in [0.717, 1.165) is 16.7 Å². The first-order valence-electron chi connectivity index (χ1n) is 13.2. The van der Waals surface area contributed by atoms with E-state index in [1.165, 1.54) is 16.7 Å². The van der Waals surface area contributed by atoms with E-state index in [2.05, 4.69) is 5.32 Å². The zero-order valence-electron chi connectivity index (χ0n) is 23.3. The molecule has 1 unspecified atom stereocenters. The lowest BCUT2D eigenvalue weighted by Gasteiger charge is -2.24. The number of nitrogens with one attached hydrogen (secondary N) is 1. The van der Waals surface area contributed by atoms with Crippen LogP contribution in [-0.2, 0) is 9.59 Å². The van der Waals surface area contributed by atoms with Crippen LogP contribution in [0.3, 0.4) is 0 Å². The highest BCUT2D eigenvalue weighted by atomic mass is 35.5. The lowest BCUT2D eigenvalue weighted by Crippen LogP contribution is -2.44. The Balaban J connectivity index is 1.85. The number of thioether (sulfide) groups is 1. The molecule has 8 nitrogen and oxygen atoms in total. The molecule has 41 heavy (non-hydrogen) atoms. The van der Waals surface area contributed by atoms with Crippen LogP contribution in [0, 0.1) is 0 Å². The summed E-state index contributed by atoms with van der Waals surface area (Å²) in [5, 5.41) is 8.07. The van der Waals surface area contributed by atoms with E-state index in [-0.39, 0.29) is 35.4 Å². The number of rotatable bonds is 8. The molecular formula is C31H31ClN4O4S. The van der Waals surface area contributed by atoms with Crippen molar-refractivity contribution in [1.82, 2.24) is 15.1 Å². The van der Waals surface area contributed by atoms with Gasteiger partial charge in [-0.2, -0.15) is 5.10 Å². The van der Waals surface area contributed by atoms with Crippen LogP contribution >= 0.6 is 23.4 Å². The van der Waals surface area contributed by atoms with E-state index in [1.807, 2.05) is 80.6 Å². The Morgan fingerprint density at radius 1 is 1.07 bits per heavy atom. The molecule has 0 radical (unpaired) electrons. The van der Waals surface area contributed by atoms with Crippen molar-refractivity contribution in [3.05, 3.63) is 88.9 Å². The molecule has 2 heterocycles.